The standard InChI is InChI=1S/C22H28N2O4/c1-26-20-6-5-18(21(12-20)27-2)14-23-13-17-4-3-16(11-19(17)15-23)22(25)24-7-9-28-10-8-24/h3-6,11-12,17,19H,7-10,13-15H2,1-2H3. The van der Waals surface area contributed by atoms with Gasteiger partial charge in [-0.15, -0.1) is 0 Å². The lowest BCUT2D eigenvalue weighted by atomic mass is 9.88. The average Bonchev–Trinajstić information content (AvgIpc) is 3.15. The lowest BCUT2D eigenvalue weighted by Gasteiger charge is -2.28. The van der Waals surface area contributed by atoms with Crippen LogP contribution in [-0.4, -0.2) is 69.3 Å². The maximum atomic E-state index is 12.8. The van der Waals surface area contributed by atoms with Crippen molar-refractivity contribution in [2.75, 3.05) is 53.6 Å². The average molecular weight is 384 g/mol. The minimum absolute atomic E-state index is 0.133. The Bertz CT molecular complexity index is 783. The molecule has 1 amide bonds. The number of rotatable bonds is 5. The third-order valence-corrected chi connectivity index (χ3v) is 5.84. The highest BCUT2D eigenvalue weighted by Crippen LogP contribution is 2.34. The van der Waals surface area contributed by atoms with E-state index < -0.39 is 0 Å². The van der Waals surface area contributed by atoms with Crippen LogP contribution in [0.25, 0.3) is 0 Å². The number of ether oxygens (including phenoxy) is 3. The van der Waals surface area contributed by atoms with Crippen molar-refractivity contribution < 1.29 is 19.0 Å². The van der Waals surface area contributed by atoms with Crippen LogP contribution in [0.3, 0.4) is 0 Å². The molecule has 6 heteroatoms. The van der Waals surface area contributed by atoms with Crippen LogP contribution < -0.4 is 9.47 Å². The second kappa shape index (κ2) is 8.37. The summed E-state index contributed by atoms with van der Waals surface area (Å²) in [5.74, 6) is 2.63. The topological polar surface area (TPSA) is 51.2 Å². The first-order valence-electron chi connectivity index (χ1n) is 9.88. The van der Waals surface area contributed by atoms with Gasteiger partial charge in [-0.3, -0.25) is 9.69 Å². The highest BCUT2D eigenvalue weighted by Gasteiger charge is 2.33. The van der Waals surface area contributed by atoms with Gasteiger partial charge in [0.05, 0.1) is 27.4 Å². The van der Waals surface area contributed by atoms with Gasteiger partial charge in [0.15, 0.2) is 0 Å². The summed E-state index contributed by atoms with van der Waals surface area (Å²) in [6, 6.07) is 5.97. The fourth-order valence-electron chi connectivity index (χ4n) is 4.28. The van der Waals surface area contributed by atoms with Crippen LogP contribution in [0.1, 0.15) is 5.56 Å². The molecule has 150 valence electrons. The summed E-state index contributed by atoms with van der Waals surface area (Å²) in [6.07, 6.45) is 6.40. The quantitative estimate of drug-likeness (QED) is 0.778. The number of fused-ring (bicyclic) bond motifs is 1. The van der Waals surface area contributed by atoms with Crippen molar-refractivity contribution in [3.8, 4) is 11.5 Å². The Morgan fingerprint density at radius 1 is 1.14 bits per heavy atom. The molecular formula is C22H28N2O4. The first kappa shape index (κ1) is 19.0. The monoisotopic (exact) mass is 384 g/mol. The fraction of sp³-hybridized carbons (Fsp3) is 0.500. The maximum absolute atomic E-state index is 12.8. The van der Waals surface area contributed by atoms with Gasteiger partial charge >= 0.3 is 0 Å². The van der Waals surface area contributed by atoms with E-state index in [-0.39, 0.29) is 5.91 Å². The predicted octanol–water partition coefficient (Wildman–Crippen LogP) is 2.11. The molecule has 0 aromatic heterocycles. The zero-order valence-corrected chi connectivity index (χ0v) is 16.6. The number of amides is 1. The summed E-state index contributed by atoms with van der Waals surface area (Å²) in [5.41, 5.74) is 1.98. The molecule has 0 N–H and O–H groups in total. The van der Waals surface area contributed by atoms with E-state index in [1.165, 1.54) is 0 Å². The van der Waals surface area contributed by atoms with Crippen molar-refractivity contribution in [2.24, 2.45) is 11.8 Å². The number of nitrogens with zero attached hydrogens (tertiary/aromatic N) is 2. The molecule has 1 aliphatic carbocycles. The molecule has 1 aromatic rings. The van der Waals surface area contributed by atoms with Gasteiger partial charge in [0.25, 0.3) is 5.91 Å². The van der Waals surface area contributed by atoms with Crippen molar-refractivity contribution >= 4 is 5.91 Å². The van der Waals surface area contributed by atoms with Crippen molar-refractivity contribution in [1.82, 2.24) is 9.80 Å². The second-order valence-electron chi connectivity index (χ2n) is 7.59. The van der Waals surface area contributed by atoms with E-state index >= 15 is 0 Å². The first-order valence-corrected chi connectivity index (χ1v) is 9.88. The second-order valence-corrected chi connectivity index (χ2v) is 7.59. The van der Waals surface area contributed by atoms with Crippen molar-refractivity contribution in [2.45, 2.75) is 6.54 Å². The zero-order chi connectivity index (χ0) is 19.5. The Balaban J connectivity index is 1.42. The van der Waals surface area contributed by atoms with Crippen molar-refractivity contribution in [3.05, 3.63) is 47.6 Å². The van der Waals surface area contributed by atoms with Crippen LogP contribution in [0.2, 0.25) is 0 Å². The molecule has 2 atom stereocenters. The van der Waals surface area contributed by atoms with Gasteiger partial charge in [-0.1, -0.05) is 24.3 Å². The van der Waals surface area contributed by atoms with Gasteiger partial charge < -0.3 is 19.1 Å². The molecule has 28 heavy (non-hydrogen) atoms. The molecule has 4 rings (SSSR count). The van der Waals surface area contributed by atoms with Crippen LogP contribution in [0, 0.1) is 11.8 Å². The zero-order valence-electron chi connectivity index (χ0n) is 16.6. The van der Waals surface area contributed by atoms with E-state index in [9.17, 15) is 4.79 Å². The third kappa shape index (κ3) is 3.93. The molecule has 2 unspecified atom stereocenters. The van der Waals surface area contributed by atoms with Crippen molar-refractivity contribution in [1.29, 1.82) is 0 Å². The van der Waals surface area contributed by atoms with E-state index in [1.807, 2.05) is 23.1 Å². The van der Waals surface area contributed by atoms with Crippen LogP contribution in [0.4, 0.5) is 0 Å². The number of benzene rings is 1. The Labute approximate surface area is 166 Å². The lowest BCUT2D eigenvalue weighted by Crippen LogP contribution is -2.41. The number of carbonyl (C=O) groups is 1. The van der Waals surface area contributed by atoms with E-state index in [1.54, 1.807) is 14.2 Å². The van der Waals surface area contributed by atoms with Crippen molar-refractivity contribution in [3.63, 3.8) is 0 Å². The van der Waals surface area contributed by atoms with Gasteiger partial charge in [-0.2, -0.15) is 0 Å². The van der Waals surface area contributed by atoms with E-state index in [4.69, 9.17) is 14.2 Å². The predicted molar refractivity (Wildman–Crippen MR) is 106 cm³/mol. The lowest BCUT2D eigenvalue weighted by molar-refractivity contribution is -0.130. The summed E-state index contributed by atoms with van der Waals surface area (Å²) >= 11 is 0. The largest absolute Gasteiger partial charge is 0.497 e. The molecule has 2 heterocycles. The van der Waals surface area contributed by atoms with E-state index in [0.29, 0.717) is 38.1 Å². The molecule has 1 aromatic carbocycles. The minimum atomic E-state index is 0.133. The smallest absolute Gasteiger partial charge is 0.253 e. The van der Waals surface area contributed by atoms with E-state index in [0.717, 1.165) is 42.3 Å². The number of hydrogen-bond acceptors (Lipinski definition) is 5. The van der Waals surface area contributed by atoms with Gasteiger partial charge in [0.1, 0.15) is 11.5 Å². The van der Waals surface area contributed by atoms with Crippen LogP contribution in [0.5, 0.6) is 11.5 Å². The Kier molecular flexibility index (Phi) is 5.69. The molecular weight excluding hydrogens is 356 g/mol. The summed E-state index contributed by atoms with van der Waals surface area (Å²) in [5, 5.41) is 0. The van der Waals surface area contributed by atoms with Gasteiger partial charge in [0, 0.05) is 49.9 Å². The molecule has 2 fully saturated rings. The third-order valence-electron chi connectivity index (χ3n) is 5.84. The first-order chi connectivity index (χ1) is 13.7. The molecule has 0 bridgehead atoms. The molecule has 0 saturated carbocycles. The molecule has 2 aliphatic heterocycles. The SMILES string of the molecule is COc1ccc(CN2CC3C=CC(C(=O)N4CCOCC4)=CC3C2)c(OC)c1. The fourth-order valence-corrected chi connectivity index (χ4v) is 4.28. The Morgan fingerprint density at radius 3 is 2.68 bits per heavy atom. The summed E-state index contributed by atoms with van der Waals surface area (Å²) in [4.78, 5) is 17.1. The summed E-state index contributed by atoms with van der Waals surface area (Å²) in [6.45, 7) is 5.39. The number of morpholine rings is 1. The van der Waals surface area contributed by atoms with Crippen LogP contribution >= 0.6 is 0 Å². The van der Waals surface area contributed by atoms with Crippen LogP contribution in [-0.2, 0) is 16.1 Å². The highest BCUT2D eigenvalue weighted by molar-refractivity contribution is 5.96. The molecule has 2 saturated heterocycles. The van der Waals surface area contributed by atoms with Gasteiger partial charge in [-0.05, 0) is 17.9 Å². The minimum Gasteiger partial charge on any atom is -0.497 e. The number of carbonyl (C=O) groups excluding carboxylic acids is 1. The summed E-state index contributed by atoms with van der Waals surface area (Å²) in [7, 11) is 3.35. The number of methoxy groups -OCH3 is 2. The van der Waals surface area contributed by atoms with Crippen LogP contribution in [0.15, 0.2) is 42.0 Å². The molecule has 6 nitrogen and oxygen atoms in total. The number of hydrogen-bond donors (Lipinski definition) is 0. The van der Waals surface area contributed by atoms with Gasteiger partial charge in [0.2, 0.25) is 0 Å². The van der Waals surface area contributed by atoms with Gasteiger partial charge in [-0.25, -0.2) is 0 Å². The normalized spacial score (nSPS) is 24.6. The maximum Gasteiger partial charge on any atom is 0.253 e. The molecule has 0 radical (unpaired) electrons. The number of likely N-dealkylation sites (tertiary alicyclic amines) is 1. The molecule has 0 spiro atoms. The highest BCUT2D eigenvalue weighted by atomic mass is 16.5. The van der Waals surface area contributed by atoms with E-state index in [2.05, 4.69) is 23.1 Å². The molecule has 3 aliphatic rings. The Morgan fingerprint density at radius 2 is 1.93 bits per heavy atom. The summed E-state index contributed by atoms with van der Waals surface area (Å²) < 4.78 is 16.2. The Hall–Kier alpha value is -2.31.